The average molecular weight is 281 g/mol. The predicted octanol–water partition coefficient (Wildman–Crippen LogP) is 3.31. The number of thioether (sulfide) groups is 1. The van der Waals surface area contributed by atoms with Crippen molar-refractivity contribution < 1.29 is 13.2 Å². The van der Waals surface area contributed by atoms with E-state index >= 15 is 0 Å². The lowest BCUT2D eigenvalue weighted by molar-refractivity contribution is -0.0328. The number of rotatable bonds is 1. The molecule has 0 spiro atoms. The zero-order valence-electron chi connectivity index (χ0n) is 7.25. The number of hydrogen-bond donors (Lipinski definition) is 2. The van der Waals surface area contributed by atoms with Gasteiger partial charge in [0.15, 0.2) is 0 Å². The summed E-state index contributed by atoms with van der Waals surface area (Å²) in [5.41, 5.74) is 6.83. The first-order valence-electron chi connectivity index (χ1n) is 3.29. The minimum Gasteiger partial charge on any atom is -0.397 e. The quantitative estimate of drug-likeness (QED) is 0.613. The van der Waals surface area contributed by atoms with Crippen molar-refractivity contribution in [1.82, 2.24) is 0 Å². The summed E-state index contributed by atoms with van der Waals surface area (Å²) in [7, 11) is 0. The molecule has 0 amide bonds. The largest absolute Gasteiger partial charge is 0.446 e. The van der Waals surface area contributed by atoms with Crippen molar-refractivity contribution in [3.63, 3.8) is 0 Å². The lowest BCUT2D eigenvalue weighted by atomic mass is 10.3. The van der Waals surface area contributed by atoms with Gasteiger partial charge >= 0.3 is 5.51 Å². The molecule has 0 fully saturated rings. The van der Waals surface area contributed by atoms with Gasteiger partial charge < -0.3 is 11.5 Å². The molecule has 0 heterocycles. The zero-order valence-corrected chi connectivity index (χ0v) is 9.69. The maximum Gasteiger partial charge on any atom is 0.446 e. The lowest BCUT2D eigenvalue weighted by Crippen LogP contribution is -2.00. The summed E-state index contributed by atoms with van der Waals surface area (Å²) in [6.07, 6.45) is 0. The average Bonchev–Trinajstić information content (AvgIpc) is 1.94. The van der Waals surface area contributed by atoms with Crippen LogP contribution in [0.4, 0.5) is 24.5 Å². The molecule has 1 aromatic carbocycles. The van der Waals surface area contributed by atoms with E-state index in [0.717, 1.165) is 0 Å². The Balaban J connectivity index is 0. The highest BCUT2D eigenvalue weighted by molar-refractivity contribution is 8.00. The third kappa shape index (κ3) is 5.86. The standard InChI is InChI=1S/C7H7F3N2S.2ClH/c8-7(9,10)13-4-1-2-5(11)6(12)3-4;;/h1-3H,11-12H2;2*1H. The van der Waals surface area contributed by atoms with Crippen LogP contribution in [0, 0.1) is 0 Å². The molecule has 88 valence electrons. The maximum absolute atomic E-state index is 11.9. The van der Waals surface area contributed by atoms with Crippen LogP contribution in [0.2, 0.25) is 0 Å². The fourth-order valence-corrected chi connectivity index (χ4v) is 1.34. The van der Waals surface area contributed by atoms with Crippen molar-refractivity contribution in [1.29, 1.82) is 0 Å². The summed E-state index contributed by atoms with van der Waals surface area (Å²) < 4.78 is 35.6. The van der Waals surface area contributed by atoms with Crippen LogP contribution < -0.4 is 11.5 Å². The maximum atomic E-state index is 11.9. The zero-order chi connectivity index (χ0) is 10.1. The van der Waals surface area contributed by atoms with Crippen LogP contribution in [0.5, 0.6) is 0 Å². The Bertz CT molecular complexity index is 320. The van der Waals surface area contributed by atoms with Crippen molar-refractivity contribution in [2.75, 3.05) is 11.5 Å². The van der Waals surface area contributed by atoms with E-state index in [9.17, 15) is 13.2 Å². The van der Waals surface area contributed by atoms with Crippen LogP contribution >= 0.6 is 36.6 Å². The summed E-state index contributed by atoms with van der Waals surface area (Å²) in [5.74, 6) is 0. The third-order valence-electron chi connectivity index (χ3n) is 1.29. The van der Waals surface area contributed by atoms with Gasteiger partial charge in [0.25, 0.3) is 0 Å². The van der Waals surface area contributed by atoms with Gasteiger partial charge in [0.05, 0.1) is 11.4 Å². The fourth-order valence-electron chi connectivity index (χ4n) is 0.750. The Morgan fingerprint density at radius 2 is 1.53 bits per heavy atom. The first kappa shape index (κ1) is 17.0. The van der Waals surface area contributed by atoms with Gasteiger partial charge in [-0.1, -0.05) is 0 Å². The van der Waals surface area contributed by atoms with E-state index in [-0.39, 0.29) is 52.8 Å². The molecule has 0 aromatic heterocycles. The first-order chi connectivity index (χ1) is 5.88. The smallest absolute Gasteiger partial charge is 0.397 e. The Morgan fingerprint density at radius 1 is 1.00 bits per heavy atom. The summed E-state index contributed by atoms with van der Waals surface area (Å²) in [6.45, 7) is 0. The Labute approximate surface area is 101 Å². The van der Waals surface area contributed by atoms with Gasteiger partial charge in [-0.3, -0.25) is 0 Å². The topological polar surface area (TPSA) is 52.0 Å². The van der Waals surface area contributed by atoms with Crippen molar-refractivity contribution >= 4 is 48.0 Å². The van der Waals surface area contributed by atoms with Crippen LogP contribution in [0.3, 0.4) is 0 Å². The number of halogens is 5. The molecular weight excluding hydrogens is 272 g/mol. The summed E-state index contributed by atoms with van der Waals surface area (Å²) in [4.78, 5) is 0.0409. The van der Waals surface area contributed by atoms with Gasteiger partial charge in [0.1, 0.15) is 0 Å². The molecule has 15 heavy (non-hydrogen) atoms. The second kappa shape index (κ2) is 6.19. The minimum absolute atomic E-state index is 0. The van der Waals surface area contributed by atoms with Crippen molar-refractivity contribution in [3.8, 4) is 0 Å². The number of nitrogen functional groups attached to an aromatic ring is 2. The van der Waals surface area contributed by atoms with E-state index in [2.05, 4.69) is 0 Å². The van der Waals surface area contributed by atoms with Crippen molar-refractivity contribution in [3.05, 3.63) is 18.2 Å². The van der Waals surface area contributed by atoms with Gasteiger partial charge in [0.2, 0.25) is 0 Å². The number of benzene rings is 1. The predicted molar refractivity (Wildman–Crippen MR) is 61.7 cm³/mol. The number of anilines is 2. The Hall–Kier alpha value is -0.460. The molecule has 0 saturated carbocycles. The highest BCUT2D eigenvalue weighted by atomic mass is 35.5. The molecule has 0 unspecified atom stereocenters. The SMILES string of the molecule is Cl.Cl.Nc1ccc(SC(F)(F)F)cc1N. The van der Waals surface area contributed by atoms with Crippen LogP contribution in [-0.2, 0) is 0 Å². The molecule has 1 aromatic rings. The summed E-state index contributed by atoms with van der Waals surface area (Å²) in [5, 5.41) is 0. The van der Waals surface area contributed by atoms with Gasteiger partial charge in [-0.2, -0.15) is 13.2 Å². The summed E-state index contributed by atoms with van der Waals surface area (Å²) in [6, 6.07) is 3.83. The molecule has 1 rings (SSSR count). The van der Waals surface area contributed by atoms with E-state index in [4.69, 9.17) is 11.5 Å². The first-order valence-corrected chi connectivity index (χ1v) is 4.11. The molecule has 0 aliphatic heterocycles. The highest BCUT2D eigenvalue weighted by Gasteiger charge is 2.29. The minimum atomic E-state index is -4.29. The third-order valence-corrected chi connectivity index (χ3v) is 2.01. The van der Waals surface area contributed by atoms with Crippen LogP contribution in [0.15, 0.2) is 23.1 Å². The molecule has 0 bridgehead atoms. The molecule has 0 saturated heterocycles. The van der Waals surface area contributed by atoms with E-state index in [1.807, 2.05) is 0 Å². The Kier molecular flexibility index (Phi) is 7.00. The van der Waals surface area contributed by atoms with E-state index in [1.54, 1.807) is 0 Å². The van der Waals surface area contributed by atoms with E-state index in [0.29, 0.717) is 0 Å². The van der Waals surface area contributed by atoms with Crippen molar-refractivity contribution in [2.45, 2.75) is 10.4 Å². The summed E-state index contributed by atoms with van der Waals surface area (Å²) >= 11 is -0.212. The normalized spacial score (nSPS) is 10.1. The van der Waals surface area contributed by atoms with E-state index in [1.165, 1.54) is 18.2 Å². The second-order valence-electron chi connectivity index (χ2n) is 2.34. The lowest BCUT2D eigenvalue weighted by Gasteiger charge is -2.06. The monoisotopic (exact) mass is 280 g/mol. The molecule has 0 aliphatic rings. The van der Waals surface area contributed by atoms with Gasteiger partial charge in [-0.25, -0.2) is 0 Å². The van der Waals surface area contributed by atoms with Gasteiger partial charge in [-0.05, 0) is 30.0 Å². The number of alkyl halides is 3. The Morgan fingerprint density at radius 3 is 1.93 bits per heavy atom. The van der Waals surface area contributed by atoms with Crippen LogP contribution in [0.1, 0.15) is 0 Å². The molecule has 4 N–H and O–H groups in total. The van der Waals surface area contributed by atoms with E-state index < -0.39 is 5.51 Å². The molecule has 0 radical (unpaired) electrons. The molecule has 0 atom stereocenters. The fraction of sp³-hybridized carbons (Fsp3) is 0.143. The molecule has 8 heteroatoms. The molecular formula is C7H9Cl2F3N2S. The van der Waals surface area contributed by atoms with Crippen LogP contribution in [0.25, 0.3) is 0 Å². The van der Waals surface area contributed by atoms with Crippen molar-refractivity contribution in [2.24, 2.45) is 0 Å². The molecule has 0 aliphatic carbocycles. The molecule has 2 nitrogen and oxygen atoms in total. The van der Waals surface area contributed by atoms with Gasteiger partial charge in [-0.15, -0.1) is 24.8 Å². The highest BCUT2D eigenvalue weighted by Crippen LogP contribution is 2.38. The second-order valence-corrected chi connectivity index (χ2v) is 3.48. The van der Waals surface area contributed by atoms with Gasteiger partial charge in [0, 0.05) is 4.90 Å². The number of hydrogen-bond acceptors (Lipinski definition) is 3. The number of nitrogens with two attached hydrogens (primary N) is 2. The van der Waals surface area contributed by atoms with Crippen LogP contribution in [-0.4, -0.2) is 5.51 Å².